The van der Waals surface area contributed by atoms with Crippen LogP contribution < -0.4 is 4.74 Å². The molecule has 1 saturated heterocycles. The molecule has 140 valence electrons. The molecule has 1 heterocycles. The number of methoxy groups -OCH3 is 1. The highest BCUT2D eigenvalue weighted by atomic mass is 32.2. The van der Waals surface area contributed by atoms with Gasteiger partial charge in [0.15, 0.2) is 0 Å². The topological polar surface area (TPSA) is 59.1 Å². The van der Waals surface area contributed by atoms with Crippen molar-refractivity contribution in [1.29, 1.82) is 0 Å². The quantitative estimate of drug-likeness (QED) is 0.381. The van der Waals surface area contributed by atoms with Crippen molar-refractivity contribution >= 4 is 46.3 Å². The lowest BCUT2D eigenvalue weighted by Crippen LogP contribution is -2.31. The van der Waals surface area contributed by atoms with Crippen LogP contribution in [-0.4, -0.2) is 66.9 Å². The Balaban J connectivity index is 1.91. The largest absolute Gasteiger partial charge is 0.497 e. The first-order valence-corrected chi connectivity index (χ1v) is 9.33. The number of esters is 1. The monoisotopic (exact) mass is 394 g/mol. The van der Waals surface area contributed by atoms with E-state index < -0.39 is 0 Å². The van der Waals surface area contributed by atoms with Crippen molar-refractivity contribution in [3.8, 4) is 5.75 Å². The number of benzene rings is 1. The maximum absolute atomic E-state index is 12.5. The second-order valence-electron chi connectivity index (χ2n) is 5.88. The summed E-state index contributed by atoms with van der Waals surface area (Å²) in [5.41, 5.74) is 0.884. The van der Waals surface area contributed by atoms with Crippen molar-refractivity contribution < 1.29 is 19.1 Å². The van der Waals surface area contributed by atoms with Crippen LogP contribution in [0.4, 0.5) is 0 Å². The van der Waals surface area contributed by atoms with Gasteiger partial charge in [0, 0.05) is 13.1 Å². The molecular weight excluding hydrogens is 372 g/mol. The number of thioether (sulfide) groups is 1. The first kappa shape index (κ1) is 20.4. The van der Waals surface area contributed by atoms with E-state index in [-0.39, 0.29) is 24.8 Å². The van der Waals surface area contributed by atoms with E-state index in [9.17, 15) is 9.59 Å². The molecule has 1 aromatic rings. The first-order chi connectivity index (χ1) is 12.4. The van der Waals surface area contributed by atoms with Gasteiger partial charge >= 0.3 is 5.97 Å². The zero-order valence-corrected chi connectivity index (χ0v) is 16.7. The van der Waals surface area contributed by atoms with Crippen molar-refractivity contribution in [2.45, 2.75) is 6.42 Å². The van der Waals surface area contributed by atoms with E-state index in [0.29, 0.717) is 22.4 Å². The van der Waals surface area contributed by atoms with Crippen LogP contribution in [-0.2, 0) is 14.3 Å². The minimum Gasteiger partial charge on any atom is -0.497 e. The van der Waals surface area contributed by atoms with Crippen molar-refractivity contribution in [2.75, 3.05) is 40.9 Å². The van der Waals surface area contributed by atoms with Gasteiger partial charge in [-0.3, -0.25) is 14.5 Å². The summed E-state index contributed by atoms with van der Waals surface area (Å²) in [6.07, 6.45) is 1.91. The van der Waals surface area contributed by atoms with Crippen molar-refractivity contribution in [2.24, 2.45) is 0 Å². The SMILES string of the molecule is COc1ccc(/C=C2\SC(=S)N(CCC(=O)OCCN(C)C)C2=O)cc1. The van der Waals surface area contributed by atoms with Crippen LogP contribution in [0.15, 0.2) is 29.2 Å². The summed E-state index contributed by atoms with van der Waals surface area (Å²) in [5, 5.41) is 0. The van der Waals surface area contributed by atoms with Crippen LogP contribution in [0.25, 0.3) is 6.08 Å². The summed E-state index contributed by atoms with van der Waals surface area (Å²) >= 11 is 6.51. The van der Waals surface area contributed by atoms with Crippen molar-refractivity contribution in [3.05, 3.63) is 34.7 Å². The lowest BCUT2D eigenvalue weighted by Gasteiger charge is -2.14. The second kappa shape index (κ2) is 9.70. The van der Waals surface area contributed by atoms with E-state index in [2.05, 4.69) is 0 Å². The Bertz CT molecular complexity index is 702. The Kier molecular flexibility index (Phi) is 7.62. The molecule has 0 N–H and O–H groups in total. The zero-order valence-electron chi connectivity index (χ0n) is 15.1. The number of likely N-dealkylation sites (N-methyl/N-ethyl adjacent to an activating group) is 1. The number of hydrogen-bond acceptors (Lipinski definition) is 7. The molecule has 0 aliphatic carbocycles. The molecule has 0 aromatic heterocycles. The Morgan fingerprint density at radius 1 is 1.31 bits per heavy atom. The molecule has 26 heavy (non-hydrogen) atoms. The van der Waals surface area contributed by atoms with Crippen LogP contribution >= 0.6 is 24.0 Å². The summed E-state index contributed by atoms with van der Waals surface area (Å²) in [7, 11) is 5.41. The van der Waals surface area contributed by atoms with Gasteiger partial charge in [0.25, 0.3) is 5.91 Å². The Hall–Kier alpha value is -1.90. The van der Waals surface area contributed by atoms with Gasteiger partial charge in [0.2, 0.25) is 0 Å². The van der Waals surface area contributed by atoms with Gasteiger partial charge in [0.05, 0.1) is 18.4 Å². The molecule has 0 bridgehead atoms. The van der Waals surface area contributed by atoms with Crippen LogP contribution in [0, 0.1) is 0 Å². The molecule has 0 spiro atoms. The average molecular weight is 395 g/mol. The number of rotatable bonds is 8. The molecule has 6 nitrogen and oxygen atoms in total. The highest BCUT2D eigenvalue weighted by molar-refractivity contribution is 8.26. The second-order valence-corrected chi connectivity index (χ2v) is 7.56. The fourth-order valence-electron chi connectivity index (χ4n) is 2.16. The summed E-state index contributed by atoms with van der Waals surface area (Å²) < 4.78 is 10.7. The Morgan fingerprint density at radius 3 is 2.62 bits per heavy atom. The minimum absolute atomic E-state index is 0.121. The molecule has 1 amide bonds. The maximum Gasteiger partial charge on any atom is 0.307 e. The average Bonchev–Trinajstić information content (AvgIpc) is 2.87. The molecule has 0 saturated carbocycles. The van der Waals surface area contributed by atoms with Gasteiger partial charge in [0.1, 0.15) is 16.7 Å². The molecule has 0 atom stereocenters. The first-order valence-electron chi connectivity index (χ1n) is 8.10. The molecule has 0 radical (unpaired) electrons. The number of amides is 1. The Labute approximate surface area is 163 Å². The predicted octanol–water partition coefficient (Wildman–Crippen LogP) is 2.39. The normalized spacial score (nSPS) is 15.8. The number of carbonyl (C=O) groups is 2. The third kappa shape index (κ3) is 5.82. The van der Waals surface area contributed by atoms with Gasteiger partial charge in [-0.15, -0.1) is 0 Å². The standard InChI is InChI=1S/C18H22N2O4S2/c1-19(2)10-11-24-16(21)8-9-20-17(22)15(26-18(20)25)12-13-4-6-14(23-3)7-5-13/h4-7,12H,8-11H2,1-3H3/b15-12-. The predicted molar refractivity (Wildman–Crippen MR) is 107 cm³/mol. The molecule has 1 aromatic carbocycles. The van der Waals surface area contributed by atoms with Crippen LogP contribution in [0.2, 0.25) is 0 Å². The fraction of sp³-hybridized carbons (Fsp3) is 0.389. The molecule has 1 aliphatic heterocycles. The van der Waals surface area contributed by atoms with Crippen LogP contribution in [0.3, 0.4) is 0 Å². The number of ether oxygens (including phenoxy) is 2. The van der Waals surface area contributed by atoms with E-state index in [1.165, 1.54) is 16.7 Å². The maximum atomic E-state index is 12.5. The zero-order chi connectivity index (χ0) is 19.1. The fourth-order valence-corrected chi connectivity index (χ4v) is 3.47. The number of hydrogen-bond donors (Lipinski definition) is 0. The number of nitrogens with zero attached hydrogens (tertiary/aromatic N) is 2. The van der Waals surface area contributed by atoms with E-state index in [1.807, 2.05) is 43.3 Å². The summed E-state index contributed by atoms with van der Waals surface area (Å²) in [6.45, 7) is 1.23. The third-order valence-electron chi connectivity index (χ3n) is 3.63. The van der Waals surface area contributed by atoms with Gasteiger partial charge in [-0.25, -0.2) is 0 Å². The lowest BCUT2D eigenvalue weighted by molar-refractivity contribution is -0.144. The third-order valence-corrected chi connectivity index (χ3v) is 5.01. The molecule has 8 heteroatoms. The molecule has 1 aliphatic rings. The van der Waals surface area contributed by atoms with E-state index >= 15 is 0 Å². The smallest absolute Gasteiger partial charge is 0.307 e. The number of thiocarbonyl (C=S) groups is 1. The minimum atomic E-state index is -0.333. The summed E-state index contributed by atoms with van der Waals surface area (Å²) in [5.74, 6) is 0.236. The molecule has 2 rings (SSSR count). The van der Waals surface area contributed by atoms with Crippen molar-refractivity contribution in [1.82, 2.24) is 9.80 Å². The number of carbonyl (C=O) groups excluding carboxylic acids is 2. The van der Waals surface area contributed by atoms with Gasteiger partial charge in [-0.05, 0) is 37.9 Å². The molecule has 0 unspecified atom stereocenters. The Morgan fingerprint density at radius 2 is 2.00 bits per heavy atom. The van der Waals surface area contributed by atoms with Crippen LogP contribution in [0.1, 0.15) is 12.0 Å². The molecular formula is C18H22N2O4S2. The van der Waals surface area contributed by atoms with Crippen LogP contribution in [0.5, 0.6) is 5.75 Å². The summed E-state index contributed by atoms with van der Waals surface area (Å²) in [4.78, 5) is 28.2. The van der Waals surface area contributed by atoms with E-state index in [4.69, 9.17) is 21.7 Å². The van der Waals surface area contributed by atoms with Gasteiger partial charge in [-0.2, -0.15) is 0 Å². The highest BCUT2D eigenvalue weighted by Gasteiger charge is 2.32. The van der Waals surface area contributed by atoms with Gasteiger partial charge in [-0.1, -0.05) is 36.1 Å². The van der Waals surface area contributed by atoms with E-state index in [1.54, 1.807) is 13.2 Å². The highest BCUT2D eigenvalue weighted by Crippen LogP contribution is 2.32. The van der Waals surface area contributed by atoms with E-state index in [0.717, 1.165) is 11.3 Å². The molecule has 1 fully saturated rings. The lowest BCUT2D eigenvalue weighted by atomic mass is 10.2. The summed E-state index contributed by atoms with van der Waals surface area (Å²) in [6, 6.07) is 7.40. The van der Waals surface area contributed by atoms with Crippen molar-refractivity contribution in [3.63, 3.8) is 0 Å². The van der Waals surface area contributed by atoms with Gasteiger partial charge < -0.3 is 14.4 Å².